The molecule has 0 fully saturated rings. The Kier molecular flexibility index (Phi) is 9.10. The van der Waals surface area contributed by atoms with E-state index in [4.69, 9.17) is 4.74 Å². The number of non-ortho nitro benzene ring substituents is 1. The molecule has 0 unspecified atom stereocenters. The Labute approximate surface area is 207 Å². The van der Waals surface area contributed by atoms with Crippen LogP contribution in [0, 0.1) is 10.1 Å². The fourth-order valence-electron chi connectivity index (χ4n) is 3.43. The van der Waals surface area contributed by atoms with Crippen LogP contribution in [0.15, 0.2) is 84.9 Å². The Morgan fingerprint density at radius 3 is 1.86 bits per heavy atom. The highest BCUT2D eigenvalue weighted by Gasteiger charge is 2.27. The molecule has 36 heavy (non-hydrogen) atoms. The summed E-state index contributed by atoms with van der Waals surface area (Å²) in [7, 11) is 0. The number of rotatable bonds is 11. The predicted molar refractivity (Wildman–Crippen MR) is 130 cm³/mol. The van der Waals surface area contributed by atoms with Crippen molar-refractivity contribution in [2.24, 2.45) is 0 Å². The molecule has 0 heterocycles. The molecule has 2 atom stereocenters. The fraction of sp³-hybridized carbons (Fsp3) is 0.192. The van der Waals surface area contributed by atoms with Crippen molar-refractivity contribution in [1.82, 2.24) is 10.6 Å². The van der Waals surface area contributed by atoms with E-state index in [1.54, 1.807) is 48.5 Å². The fourth-order valence-corrected chi connectivity index (χ4v) is 3.43. The Hall–Kier alpha value is -4.73. The van der Waals surface area contributed by atoms with E-state index < -0.39 is 35.0 Å². The summed E-state index contributed by atoms with van der Waals surface area (Å²) in [5.41, 5.74) is 1.88. The van der Waals surface area contributed by atoms with Crippen LogP contribution in [0.5, 0.6) is 0 Å². The van der Waals surface area contributed by atoms with E-state index in [0.717, 1.165) is 11.1 Å². The summed E-state index contributed by atoms with van der Waals surface area (Å²) in [6, 6.07) is 20.9. The van der Waals surface area contributed by atoms with E-state index in [9.17, 15) is 29.6 Å². The van der Waals surface area contributed by atoms with Gasteiger partial charge in [0.2, 0.25) is 5.91 Å². The summed E-state index contributed by atoms with van der Waals surface area (Å²) in [6.45, 7) is 0.00421. The molecule has 3 N–H and O–H groups in total. The molecule has 3 aromatic carbocycles. The minimum atomic E-state index is -1.32. The molecule has 0 saturated carbocycles. The summed E-state index contributed by atoms with van der Waals surface area (Å²) in [4.78, 5) is 47.6. The van der Waals surface area contributed by atoms with Crippen LogP contribution in [-0.4, -0.2) is 40.1 Å². The lowest BCUT2D eigenvalue weighted by Gasteiger charge is -2.21. The summed E-state index contributed by atoms with van der Waals surface area (Å²) in [5, 5.41) is 25.5. The van der Waals surface area contributed by atoms with Crippen molar-refractivity contribution in [1.29, 1.82) is 0 Å². The summed E-state index contributed by atoms with van der Waals surface area (Å²) < 4.78 is 5.22. The van der Waals surface area contributed by atoms with Crippen LogP contribution in [0.4, 0.5) is 10.5 Å². The van der Waals surface area contributed by atoms with Gasteiger partial charge < -0.3 is 20.5 Å². The van der Waals surface area contributed by atoms with Crippen molar-refractivity contribution in [2.75, 3.05) is 0 Å². The molecule has 0 saturated heterocycles. The second-order valence-corrected chi connectivity index (χ2v) is 7.98. The van der Waals surface area contributed by atoms with Crippen molar-refractivity contribution in [2.45, 2.75) is 31.5 Å². The molecular weight excluding hydrogens is 466 g/mol. The lowest BCUT2D eigenvalue weighted by Crippen LogP contribution is -2.53. The van der Waals surface area contributed by atoms with Crippen molar-refractivity contribution >= 4 is 23.7 Å². The molecule has 0 aliphatic heterocycles. The van der Waals surface area contributed by atoms with E-state index in [2.05, 4.69) is 10.6 Å². The van der Waals surface area contributed by atoms with Gasteiger partial charge in [-0.15, -0.1) is 0 Å². The Bertz CT molecular complexity index is 1190. The first-order chi connectivity index (χ1) is 17.3. The SMILES string of the molecule is O=C(N[C@H](Cc1ccccc1)C(=O)N[C@H](Cc1ccc([N+](=O)[O-])cc1)C(=O)O)OCc1ccccc1. The van der Waals surface area contributed by atoms with Gasteiger partial charge in [0.25, 0.3) is 5.69 Å². The number of carboxylic acid groups (broad SMARTS) is 1. The van der Waals surface area contributed by atoms with Gasteiger partial charge in [0.15, 0.2) is 0 Å². The van der Waals surface area contributed by atoms with Crippen LogP contribution < -0.4 is 10.6 Å². The average Bonchev–Trinajstić information content (AvgIpc) is 2.88. The molecule has 10 heteroatoms. The molecule has 0 aromatic heterocycles. The number of aliphatic carboxylic acids is 1. The van der Waals surface area contributed by atoms with Gasteiger partial charge in [-0.25, -0.2) is 9.59 Å². The predicted octanol–water partition coefficient (Wildman–Crippen LogP) is 3.24. The zero-order valence-electron chi connectivity index (χ0n) is 19.2. The first-order valence-corrected chi connectivity index (χ1v) is 11.1. The molecule has 0 aliphatic carbocycles. The molecule has 0 radical (unpaired) electrons. The number of nitrogens with zero attached hydrogens (tertiary/aromatic N) is 1. The van der Waals surface area contributed by atoms with Gasteiger partial charge >= 0.3 is 12.1 Å². The van der Waals surface area contributed by atoms with Gasteiger partial charge in [-0.1, -0.05) is 72.8 Å². The normalized spacial score (nSPS) is 12.1. The van der Waals surface area contributed by atoms with Crippen LogP contribution in [0.3, 0.4) is 0 Å². The van der Waals surface area contributed by atoms with Crippen LogP contribution in [0.25, 0.3) is 0 Å². The Morgan fingerprint density at radius 1 is 0.778 bits per heavy atom. The zero-order valence-corrected chi connectivity index (χ0v) is 19.2. The summed E-state index contributed by atoms with van der Waals surface area (Å²) >= 11 is 0. The average molecular weight is 492 g/mol. The zero-order chi connectivity index (χ0) is 25.9. The van der Waals surface area contributed by atoms with Crippen LogP contribution in [0.2, 0.25) is 0 Å². The lowest BCUT2D eigenvalue weighted by atomic mass is 10.0. The second-order valence-electron chi connectivity index (χ2n) is 7.98. The van der Waals surface area contributed by atoms with Crippen molar-refractivity contribution < 1.29 is 29.2 Å². The largest absolute Gasteiger partial charge is 0.480 e. The number of nitro benzene ring substituents is 1. The molecular formula is C26H25N3O7. The number of carbonyl (C=O) groups excluding carboxylic acids is 2. The molecule has 186 valence electrons. The highest BCUT2D eigenvalue weighted by Crippen LogP contribution is 2.14. The number of alkyl carbamates (subject to hydrolysis) is 1. The first-order valence-electron chi connectivity index (χ1n) is 11.1. The number of nitro groups is 1. The Balaban J connectivity index is 1.69. The van der Waals surface area contributed by atoms with E-state index >= 15 is 0 Å². The molecule has 0 bridgehead atoms. The number of hydrogen-bond acceptors (Lipinski definition) is 6. The maximum absolute atomic E-state index is 13.1. The second kappa shape index (κ2) is 12.7. The topological polar surface area (TPSA) is 148 Å². The van der Waals surface area contributed by atoms with Gasteiger partial charge in [-0.05, 0) is 16.7 Å². The number of benzene rings is 3. The van der Waals surface area contributed by atoms with E-state index in [1.807, 2.05) is 12.1 Å². The molecule has 10 nitrogen and oxygen atoms in total. The molecule has 2 amide bonds. The smallest absolute Gasteiger partial charge is 0.408 e. The van der Waals surface area contributed by atoms with E-state index in [-0.39, 0.29) is 25.1 Å². The minimum Gasteiger partial charge on any atom is -0.480 e. The third-order valence-corrected chi connectivity index (χ3v) is 5.31. The highest BCUT2D eigenvalue weighted by atomic mass is 16.6. The maximum Gasteiger partial charge on any atom is 0.408 e. The van der Waals surface area contributed by atoms with Gasteiger partial charge in [-0.3, -0.25) is 14.9 Å². The van der Waals surface area contributed by atoms with E-state index in [1.165, 1.54) is 24.3 Å². The third-order valence-electron chi connectivity index (χ3n) is 5.31. The van der Waals surface area contributed by atoms with Crippen molar-refractivity contribution in [3.8, 4) is 0 Å². The third kappa shape index (κ3) is 7.94. The van der Waals surface area contributed by atoms with Crippen LogP contribution in [0.1, 0.15) is 16.7 Å². The lowest BCUT2D eigenvalue weighted by molar-refractivity contribution is -0.384. The molecule has 0 spiro atoms. The number of carbonyl (C=O) groups is 3. The van der Waals surface area contributed by atoms with Crippen molar-refractivity contribution in [3.05, 3.63) is 112 Å². The highest BCUT2D eigenvalue weighted by molar-refractivity contribution is 5.89. The van der Waals surface area contributed by atoms with Gasteiger partial charge in [0.05, 0.1) is 4.92 Å². The monoisotopic (exact) mass is 491 g/mol. The molecule has 3 rings (SSSR count). The summed E-state index contributed by atoms with van der Waals surface area (Å²) in [5.74, 6) is -1.99. The van der Waals surface area contributed by atoms with Gasteiger partial charge in [0, 0.05) is 25.0 Å². The molecule has 3 aromatic rings. The summed E-state index contributed by atoms with van der Waals surface area (Å²) in [6.07, 6.45) is -0.816. The van der Waals surface area contributed by atoms with Crippen molar-refractivity contribution in [3.63, 3.8) is 0 Å². The van der Waals surface area contributed by atoms with Crippen LogP contribution >= 0.6 is 0 Å². The minimum absolute atomic E-state index is 0.00421. The van der Waals surface area contributed by atoms with Gasteiger partial charge in [-0.2, -0.15) is 0 Å². The number of amides is 2. The molecule has 0 aliphatic rings. The standard InChI is InChI=1S/C26H25N3O7/c30-24(27-23(25(31)32)16-19-11-13-21(14-12-19)29(34)35)22(15-18-7-3-1-4-8-18)28-26(33)36-17-20-9-5-2-6-10-20/h1-14,22-23H,15-17H2,(H,27,30)(H,28,33)(H,31,32)/t22-,23-/m1/s1. The van der Waals surface area contributed by atoms with E-state index in [0.29, 0.717) is 5.56 Å². The number of nitrogens with one attached hydrogen (secondary N) is 2. The number of hydrogen-bond donors (Lipinski definition) is 3. The first kappa shape index (κ1) is 25.9. The number of ether oxygens (including phenoxy) is 1. The maximum atomic E-state index is 13.1. The Morgan fingerprint density at radius 2 is 1.31 bits per heavy atom. The van der Waals surface area contributed by atoms with Gasteiger partial charge in [0.1, 0.15) is 18.7 Å². The quantitative estimate of drug-likeness (QED) is 0.275. The number of carboxylic acids is 1. The van der Waals surface area contributed by atoms with Crippen LogP contribution in [-0.2, 0) is 33.8 Å².